The lowest BCUT2D eigenvalue weighted by Gasteiger charge is -2.36. The molecule has 9 heteroatoms. The number of nitrogens with one attached hydrogen (secondary N) is 1. The Morgan fingerprint density at radius 2 is 1.65 bits per heavy atom. The van der Waals surface area contributed by atoms with Crippen LogP contribution < -0.4 is 19.7 Å². The van der Waals surface area contributed by atoms with Crippen molar-refractivity contribution in [1.82, 2.24) is 20.3 Å². The Hall–Kier alpha value is -4.40. The topological polar surface area (TPSA) is 98.6 Å². The van der Waals surface area contributed by atoms with E-state index in [1.54, 1.807) is 42.0 Å². The van der Waals surface area contributed by atoms with Crippen molar-refractivity contribution in [2.75, 3.05) is 19.1 Å². The first-order chi connectivity index (χ1) is 18.9. The molecule has 1 heterocycles. The second-order valence-electron chi connectivity index (χ2n) is 11.0. The second kappa shape index (κ2) is 11.4. The predicted octanol–water partition coefficient (Wildman–Crippen LogP) is 5.06. The zero-order chi connectivity index (χ0) is 29.2. The number of para-hydroxylation sites is 1. The van der Waals surface area contributed by atoms with E-state index in [2.05, 4.69) is 15.6 Å². The number of aryl methyl sites for hydroxylation is 3. The molecule has 2 amide bonds. The molecule has 0 spiro atoms. The Morgan fingerprint density at radius 1 is 0.975 bits per heavy atom. The van der Waals surface area contributed by atoms with Gasteiger partial charge in [-0.3, -0.25) is 14.5 Å². The number of aromatic nitrogens is 3. The molecular formula is C31H37N5O4. The van der Waals surface area contributed by atoms with Crippen LogP contribution in [0.1, 0.15) is 49.1 Å². The third kappa shape index (κ3) is 5.93. The van der Waals surface area contributed by atoms with Crippen molar-refractivity contribution in [3.8, 4) is 11.5 Å². The molecule has 4 aromatic rings. The van der Waals surface area contributed by atoms with Crippen LogP contribution in [0.5, 0.6) is 11.5 Å². The summed E-state index contributed by atoms with van der Waals surface area (Å²) >= 11 is 0. The number of methoxy groups -OCH3 is 2. The number of carbonyl (C=O) groups is 2. The van der Waals surface area contributed by atoms with E-state index in [-0.39, 0.29) is 18.4 Å². The first kappa shape index (κ1) is 28.6. The fourth-order valence-corrected chi connectivity index (χ4v) is 5.08. The quantitative estimate of drug-likeness (QED) is 0.334. The zero-order valence-corrected chi connectivity index (χ0v) is 24.4. The van der Waals surface area contributed by atoms with E-state index < -0.39 is 11.6 Å². The van der Waals surface area contributed by atoms with E-state index in [9.17, 15) is 9.59 Å². The maximum absolute atomic E-state index is 14.5. The van der Waals surface area contributed by atoms with Crippen molar-refractivity contribution in [3.05, 3.63) is 76.9 Å². The zero-order valence-electron chi connectivity index (χ0n) is 24.4. The van der Waals surface area contributed by atoms with E-state index >= 15 is 0 Å². The molecule has 0 saturated carbocycles. The summed E-state index contributed by atoms with van der Waals surface area (Å²) < 4.78 is 12.8. The van der Waals surface area contributed by atoms with Crippen LogP contribution in [0.15, 0.2) is 54.6 Å². The number of amides is 2. The largest absolute Gasteiger partial charge is 0.497 e. The van der Waals surface area contributed by atoms with Crippen LogP contribution in [0, 0.1) is 20.8 Å². The Morgan fingerprint density at radius 3 is 2.27 bits per heavy atom. The van der Waals surface area contributed by atoms with Crippen molar-refractivity contribution in [2.45, 2.75) is 59.7 Å². The van der Waals surface area contributed by atoms with Crippen LogP contribution in [0.3, 0.4) is 0 Å². The lowest BCUT2D eigenvalue weighted by molar-refractivity contribution is -0.128. The van der Waals surface area contributed by atoms with Gasteiger partial charge in [0.25, 0.3) is 0 Å². The second-order valence-corrected chi connectivity index (χ2v) is 11.0. The van der Waals surface area contributed by atoms with Crippen LogP contribution >= 0.6 is 0 Å². The Labute approximate surface area is 235 Å². The van der Waals surface area contributed by atoms with Crippen molar-refractivity contribution < 1.29 is 19.1 Å². The number of hydrogen-bond donors (Lipinski definition) is 1. The van der Waals surface area contributed by atoms with E-state index in [4.69, 9.17) is 9.47 Å². The summed E-state index contributed by atoms with van der Waals surface area (Å²) in [7, 11) is 3.10. The first-order valence-corrected chi connectivity index (χ1v) is 13.2. The van der Waals surface area contributed by atoms with Gasteiger partial charge in [0.15, 0.2) is 0 Å². The Bertz CT molecular complexity index is 1530. The van der Waals surface area contributed by atoms with Gasteiger partial charge in [0.2, 0.25) is 11.8 Å². The SMILES string of the molecule is COc1ccc(OC)c([C@H](C(=O)NC(C)(C)C)N(C(=O)Cn2nnc3ccccc32)c2c(C)cc(C)cc2C)c1. The molecule has 0 unspecified atom stereocenters. The predicted molar refractivity (Wildman–Crippen MR) is 156 cm³/mol. The van der Waals surface area contributed by atoms with E-state index in [1.807, 2.05) is 77.9 Å². The minimum absolute atomic E-state index is 0.126. The highest BCUT2D eigenvalue weighted by molar-refractivity contribution is 6.03. The molecule has 40 heavy (non-hydrogen) atoms. The van der Waals surface area contributed by atoms with Crippen molar-refractivity contribution >= 4 is 28.5 Å². The normalized spacial score (nSPS) is 12.2. The molecular weight excluding hydrogens is 506 g/mol. The van der Waals surface area contributed by atoms with E-state index in [1.165, 1.54) is 0 Å². The summed E-state index contributed by atoms with van der Waals surface area (Å²) in [5.41, 5.74) is 4.79. The standard InChI is InChI=1S/C31H37N5O4/c1-19-15-20(2)28(21(3)16-19)36(27(37)18-35-25-12-10-9-11-24(25)33-34-35)29(30(38)32-31(4,5)6)23-17-22(39-7)13-14-26(23)40-8/h9-17,29H,18H2,1-8H3,(H,32,38)/t29-/m1/s1. The van der Waals surface area contributed by atoms with Gasteiger partial charge in [-0.25, -0.2) is 4.68 Å². The van der Waals surface area contributed by atoms with Gasteiger partial charge in [0.1, 0.15) is 29.6 Å². The molecule has 0 saturated heterocycles. The van der Waals surface area contributed by atoms with E-state index in [0.29, 0.717) is 28.3 Å². The Balaban J connectivity index is 1.97. The number of benzene rings is 3. The summed E-state index contributed by atoms with van der Waals surface area (Å²) in [6.45, 7) is 11.5. The van der Waals surface area contributed by atoms with Crippen LogP contribution in [-0.2, 0) is 16.1 Å². The third-order valence-corrected chi connectivity index (χ3v) is 6.59. The molecule has 3 aromatic carbocycles. The third-order valence-electron chi connectivity index (χ3n) is 6.59. The molecule has 1 N–H and O–H groups in total. The number of carbonyl (C=O) groups excluding carboxylic acids is 2. The number of anilines is 1. The number of ether oxygens (including phenoxy) is 2. The van der Waals surface area contributed by atoms with Crippen molar-refractivity contribution in [3.63, 3.8) is 0 Å². The molecule has 0 aliphatic carbocycles. The summed E-state index contributed by atoms with van der Waals surface area (Å²) in [5.74, 6) is 0.317. The number of hydrogen-bond acceptors (Lipinski definition) is 6. The fourth-order valence-electron chi connectivity index (χ4n) is 5.08. The highest BCUT2D eigenvalue weighted by atomic mass is 16.5. The van der Waals surface area contributed by atoms with Gasteiger partial charge >= 0.3 is 0 Å². The minimum atomic E-state index is -1.08. The van der Waals surface area contributed by atoms with Gasteiger partial charge < -0.3 is 14.8 Å². The van der Waals surface area contributed by atoms with Crippen molar-refractivity contribution in [2.24, 2.45) is 0 Å². The van der Waals surface area contributed by atoms with Gasteiger partial charge in [0.05, 0.1) is 25.4 Å². The lowest BCUT2D eigenvalue weighted by Crippen LogP contribution is -2.50. The first-order valence-electron chi connectivity index (χ1n) is 13.2. The summed E-state index contributed by atoms with van der Waals surface area (Å²) in [4.78, 5) is 30.3. The average molecular weight is 544 g/mol. The molecule has 4 rings (SSSR count). The number of rotatable bonds is 8. The molecule has 0 radical (unpaired) electrons. The van der Waals surface area contributed by atoms with Gasteiger partial charge in [-0.15, -0.1) is 5.10 Å². The highest BCUT2D eigenvalue weighted by Gasteiger charge is 2.38. The summed E-state index contributed by atoms with van der Waals surface area (Å²) in [6, 6.07) is 15.6. The van der Waals surface area contributed by atoms with Gasteiger partial charge in [-0.1, -0.05) is 35.0 Å². The van der Waals surface area contributed by atoms with Crippen LogP contribution in [0.2, 0.25) is 0 Å². The summed E-state index contributed by atoms with van der Waals surface area (Å²) in [5, 5.41) is 11.5. The van der Waals surface area contributed by atoms with Crippen LogP contribution in [-0.4, -0.2) is 46.6 Å². The van der Waals surface area contributed by atoms with Crippen LogP contribution in [0.25, 0.3) is 11.0 Å². The van der Waals surface area contributed by atoms with Gasteiger partial charge in [0, 0.05) is 11.1 Å². The number of nitrogens with zero attached hydrogens (tertiary/aromatic N) is 4. The molecule has 1 aromatic heterocycles. The van der Waals surface area contributed by atoms with E-state index in [0.717, 1.165) is 22.2 Å². The minimum Gasteiger partial charge on any atom is -0.497 e. The fraction of sp³-hybridized carbons (Fsp3) is 0.355. The molecule has 0 aliphatic rings. The molecule has 0 fully saturated rings. The molecule has 9 nitrogen and oxygen atoms in total. The maximum atomic E-state index is 14.5. The molecule has 0 aliphatic heterocycles. The smallest absolute Gasteiger partial charge is 0.249 e. The maximum Gasteiger partial charge on any atom is 0.249 e. The molecule has 210 valence electrons. The van der Waals surface area contributed by atoms with Gasteiger partial charge in [-0.05, 0) is 83.0 Å². The summed E-state index contributed by atoms with van der Waals surface area (Å²) in [6.07, 6.45) is 0. The van der Waals surface area contributed by atoms with Crippen molar-refractivity contribution in [1.29, 1.82) is 0 Å². The lowest BCUT2D eigenvalue weighted by atomic mass is 9.96. The van der Waals surface area contributed by atoms with Gasteiger partial charge in [-0.2, -0.15) is 0 Å². The highest BCUT2D eigenvalue weighted by Crippen LogP contribution is 2.39. The molecule has 1 atom stereocenters. The average Bonchev–Trinajstić information content (AvgIpc) is 3.29. The monoisotopic (exact) mass is 543 g/mol. The molecule has 0 bridgehead atoms. The number of fused-ring (bicyclic) bond motifs is 1. The Kier molecular flexibility index (Phi) is 8.13. The van der Waals surface area contributed by atoms with Crippen LogP contribution in [0.4, 0.5) is 5.69 Å².